The lowest BCUT2D eigenvalue weighted by molar-refractivity contribution is 0.866. The summed E-state index contributed by atoms with van der Waals surface area (Å²) in [6.45, 7) is 5.96. The maximum absolute atomic E-state index is 3.73. The van der Waals surface area contributed by atoms with E-state index in [1.165, 1.54) is 17.6 Å². The van der Waals surface area contributed by atoms with Crippen molar-refractivity contribution in [2.45, 2.75) is 39.0 Å². The van der Waals surface area contributed by atoms with Gasteiger partial charge in [0.1, 0.15) is 0 Å². The van der Waals surface area contributed by atoms with Gasteiger partial charge in [-0.25, -0.2) is 0 Å². The van der Waals surface area contributed by atoms with E-state index >= 15 is 0 Å². The third-order valence-electron chi connectivity index (χ3n) is 2.95. The average molecular weight is 240 g/mol. The minimum Gasteiger partial charge on any atom is -0.103 e. The van der Waals surface area contributed by atoms with Gasteiger partial charge in [0.05, 0.1) is 0 Å². The first-order chi connectivity index (χ1) is 8.86. The van der Waals surface area contributed by atoms with Gasteiger partial charge in [-0.3, -0.25) is 0 Å². The fraction of sp³-hybridized carbons (Fsp3) is 0.333. The van der Waals surface area contributed by atoms with E-state index in [1.54, 1.807) is 0 Å². The molecule has 0 aliphatic carbocycles. The van der Waals surface area contributed by atoms with Crippen molar-refractivity contribution in [1.29, 1.82) is 0 Å². The predicted octanol–water partition coefficient (Wildman–Crippen LogP) is 5.78. The third kappa shape index (κ3) is 6.24. The van der Waals surface area contributed by atoms with Crippen molar-refractivity contribution in [3.8, 4) is 0 Å². The van der Waals surface area contributed by atoms with Gasteiger partial charge < -0.3 is 0 Å². The van der Waals surface area contributed by atoms with E-state index in [-0.39, 0.29) is 0 Å². The summed E-state index contributed by atoms with van der Waals surface area (Å²) in [5.74, 6) is 0. The van der Waals surface area contributed by atoms with Crippen LogP contribution in [0.15, 0.2) is 60.7 Å². The minimum atomic E-state index is 1.07. The van der Waals surface area contributed by atoms with E-state index in [0.29, 0.717) is 0 Å². The van der Waals surface area contributed by atoms with Crippen molar-refractivity contribution in [3.05, 3.63) is 66.3 Å². The number of benzene rings is 1. The van der Waals surface area contributed by atoms with Crippen molar-refractivity contribution >= 4 is 6.08 Å². The smallest absolute Gasteiger partial charge is 0.0136 e. The Bertz CT molecular complexity index is 382. The van der Waals surface area contributed by atoms with E-state index in [4.69, 9.17) is 0 Å². The van der Waals surface area contributed by atoms with Gasteiger partial charge in [-0.1, -0.05) is 67.1 Å². The van der Waals surface area contributed by atoms with Crippen LogP contribution in [0.2, 0.25) is 0 Å². The van der Waals surface area contributed by atoms with Gasteiger partial charge in [0.15, 0.2) is 0 Å². The molecule has 0 aromatic heterocycles. The summed E-state index contributed by atoms with van der Waals surface area (Å²) in [6, 6.07) is 10.5. The highest BCUT2D eigenvalue weighted by atomic mass is 14.0. The molecule has 0 heteroatoms. The zero-order valence-electron chi connectivity index (χ0n) is 11.4. The first-order valence-electron chi connectivity index (χ1n) is 6.87. The van der Waals surface area contributed by atoms with E-state index in [1.807, 2.05) is 6.08 Å². The lowest BCUT2D eigenvalue weighted by atomic mass is 10.1. The monoisotopic (exact) mass is 240 g/mol. The van der Waals surface area contributed by atoms with Crippen molar-refractivity contribution in [1.82, 2.24) is 0 Å². The van der Waals surface area contributed by atoms with Gasteiger partial charge >= 0.3 is 0 Å². The fourth-order valence-electron chi connectivity index (χ4n) is 1.82. The quantitative estimate of drug-likeness (QED) is 0.399. The van der Waals surface area contributed by atoms with Crippen LogP contribution in [-0.4, -0.2) is 0 Å². The van der Waals surface area contributed by atoms with Gasteiger partial charge in [0, 0.05) is 0 Å². The minimum absolute atomic E-state index is 1.07. The Morgan fingerprint density at radius 2 is 1.89 bits per heavy atom. The van der Waals surface area contributed by atoms with Crippen molar-refractivity contribution in [2.24, 2.45) is 0 Å². The highest BCUT2D eigenvalue weighted by Crippen LogP contribution is 2.14. The molecule has 0 nitrogen and oxygen atoms in total. The molecule has 0 saturated carbocycles. The summed E-state index contributed by atoms with van der Waals surface area (Å²) >= 11 is 0. The number of hydrogen-bond donors (Lipinski definition) is 0. The Morgan fingerprint density at radius 3 is 2.56 bits per heavy atom. The number of unbranched alkanes of at least 4 members (excludes halogenated alkanes) is 2. The normalized spacial score (nSPS) is 11.9. The topological polar surface area (TPSA) is 0 Å². The maximum atomic E-state index is 3.73. The third-order valence-corrected chi connectivity index (χ3v) is 2.95. The second-order valence-electron chi connectivity index (χ2n) is 4.46. The first-order valence-corrected chi connectivity index (χ1v) is 6.87. The molecule has 1 rings (SSSR count). The van der Waals surface area contributed by atoms with Crippen LogP contribution < -0.4 is 0 Å². The summed E-state index contributed by atoms with van der Waals surface area (Å²) in [5.41, 5.74) is 2.79. The largest absolute Gasteiger partial charge is 0.103 e. The number of hydrogen-bond acceptors (Lipinski definition) is 0. The molecule has 0 aliphatic heterocycles. The van der Waals surface area contributed by atoms with Gasteiger partial charge in [0.25, 0.3) is 0 Å². The lowest BCUT2D eigenvalue weighted by Gasteiger charge is -2.01. The Kier molecular flexibility index (Phi) is 7.63. The summed E-state index contributed by atoms with van der Waals surface area (Å²) in [4.78, 5) is 0. The zero-order chi connectivity index (χ0) is 13.1. The fourth-order valence-corrected chi connectivity index (χ4v) is 1.82. The van der Waals surface area contributed by atoms with Crippen LogP contribution in [0.1, 0.15) is 44.6 Å². The van der Waals surface area contributed by atoms with Crippen molar-refractivity contribution in [2.75, 3.05) is 0 Å². The van der Waals surface area contributed by atoms with Gasteiger partial charge in [-0.15, -0.1) is 6.58 Å². The van der Waals surface area contributed by atoms with Crippen LogP contribution in [0.4, 0.5) is 0 Å². The standard InChI is InChI=1S/C18H24/c1-3-5-6-7-8-10-13-17(4-2)16-18-14-11-9-12-15-18/h3,8-12,14-16H,1,4-7,13H2,2H3/b10-8+,17-16+. The van der Waals surface area contributed by atoms with Gasteiger partial charge in [-0.05, 0) is 37.7 Å². The van der Waals surface area contributed by atoms with Gasteiger partial charge in [0.2, 0.25) is 0 Å². The molecule has 1 aromatic carbocycles. The lowest BCUT2D eigenvalue weighted by Crippen LogP contribution is -1.80. The predicted molar refractivity (Wildman–Crippen MR) is 82.5 cm³/mol. The molecule has 0 aliphatic rings. The molecule has 18 heavy (non-hydrogen) atoms. The SMILES string of the molecule is C=CCCC/C=C/C/C(=C/c1ccccc1)CC. The molecule has 0 N–H and O–H groups in total. The number of rotatable bonds is 8. The Labute approximate surface area is 112 Å². The molecular formula is C18H24. The molecule has 0 atom stereocenters. The van der Waals surface area contributed by atoms with Crippen molar-refractivity contribution in [3.63, 3.8) is 0 Å². The summed E-state index contributed by atoms with van der Waals surface area (Å²) in [7, 11) is 0. The molecule has 0 radical (unpaired) electrons. The van der Waals surface area contributed by atoms with E-state index in [0.717, 1.165) is 25.7 Å². The molecular weight excluding hydrogens is 216 g/mol. The summed E-state index contributed by atoms with van der Waals surface area (Å²) in [6.07, 6.45) is 14.5. The van der Waals surface area contributed by atoms with Crippen LogP contribution in [-0.2, 0) is 0 Å². The average Bonchev–Trinajstić information content (AvgIpc) is 2.42. The zero-order valence-corrected chi connectivity index (χ0v) is 11.4. The Hall–Kier alpha value is -1.56. The molecule has 0 fully saturated rings. The summed E-state index contributed by atoms with van der Waals surface area (Å²) in [5, 5.41) is 0. The second-order valence-corrected chi connectivity index (χ2v) is 4.46. The molecule has 0 amide bonds. The maximum Gasteiger partial charge on any atom is -0.0136 e. The highest BCUT2D eigenvalue weighted by Gasteiger charge is 1.92. The Morgan fingerprint density at radius 1 is 1.11 bits per heavy atom. The highest BCUT2D eigenvalue weighted by molar-refractivity contribution is 5.52. The van der Waals surface area contributed by atoms with Crippen LogP contribution in [0.3, 0.4) is 0 Å². The van der Waals surface area contributed by atoms with E-state index in [2.05, 4.69) is 62.1 Å². The Balaban J connectivity index is 2.42. The van der Waals surface area contributed by atoms with E-state index in [9.17, 15) is 0 Å². The first kappa shape index (κ1) is 14.5. The van der Waals surface area contributed by atoms with Crippen LogP contribution in [0, 0.1) is 0 Å². The molecule has 0 unspecified atom stereocenters. The summed E-state index contributed by atoms with van der Waals surface area (Å²) < 4.78 is 0. The molecule has 0 bridgehead atoms. The van der Waals surface area contributed by atoms with Crippen LogP contribution in [0.5, 0.6) is 0 Å². The van der Waals surface area contributed by atoms with E-state index < -0.39 is 0 Å². The molecule has 0 saturated heterocycles. The molecule has 1 aromatic rings. The molecule has 0 heterocycles. The number of allylic oxidation sites excluding steroid dienone is 4. The van der Waals surface area contributed by atoms with Crippen LogP contribution in [0.25, 0.3) is 6.08 Å². The molecule has 96 valence electrons. The van der Waals surface area contributed by atoms with Crippen molar-refractivity contribution < 1.29 is 0 Å². The second kappa shape index (κ2) is 9.47. The molecule has 0 spiro atoms. The van der Waals surface area contributed by atoms with Gasteiger partial charge in [-0.2, -0.15) is 0 Å². The van der Waals surface area contributed by atoms with Crippen LogP contribution >= 0.6 is 0 Å².